The van der Waals surface area contributed by atoms with Crippen molar-refractivity contribution in [3.63, 3.8) is 0 Å². The molecule has 0 unspecified atom stereocenters. The standard InChI is InChI=1S/C10H16N2S2/c1-9-7-11-10(12-8-9)14-6-4-2-3-5-13/h7-8,13H,2-6H2,1H3. The van der Waals surface area contributed by atoms with Crippen molar-refractivity contribution in [3.05, 3.63) is 18.0 Å². The molecule has 0 atom stereocenters. The van der Waals surface area contributed by atoms with Gasteiger partial charge in [-0.25, -0.2) is 9.97 Å². The molecule has 1 rings (SSSR count). The van der Waals surface area contributed by atoms with Crippen LogP contribution in [0.1, 0.15) is 24.8 Å². The second kappa shape index (κ2) is 7.12. The topological polar surface area (TPSA) is 25.8 Å². The van der Waals surface area contributed by atoms with Crippen molar-refractivity contribution in [3.8, 4) is 0 Å². The first-order valence-corrected chi connectivity index (χ1v) is 6.47. The number of thiol groups is 1. The predicted molar refractivity (Wildman–Crippen MR) is 65.2 cm³/mol. The van der Waals surface area contributed by atoms with Gasteiger partial charge in [0.2, 0.25) is 0 Å². The Morgan fingerprint density at radius 2 is 1.93 bits per heavy atom. The lowest BCUT2D eigenvalue weighted by Crippen LogP contribution is -1.88. The van der Waals surface area contributed by atoms with Gasteiger partial charge in [-0.1, -0.05) is 18.2 Å². The lowest BCUT2D eigenvalue weighted by atomic mass is 10.3. The van der Waals surface area contributed by atoms with Crippen molar-refractivity contribution in [2.45, 2.75) is 31.3 Å². The van der Waals surface area contributed by atoms with Crippen LogP contribution in [0.2, 0.25) is 0 Å². The summed E-state index contributed by atoms with van der Waals surface area (Å²) < 4.78 is 0. The number of unbranched alkanes of at least 4 members (excludes halogenated alkanes) is 2. The highest BCUT2D eigenvalue weighted by Gasteiger charge is 1.96. The SMILES string of the molecule is Cc1cnc(SCCCCCS)nc1. The lowest BCUT2D eigenvalue weighted by Gasteiger charge is -1.99. The molecular weight excluding hydrogens is 212 g/mol. The van der Waals surface area contributed by atoms with Gasteiger partial charge in [0.1, 0.15) is 0 Å². The fraction of sp³-hybridized carbons (Fsp3) is 0.600. The van der Waals surface area contributed by atoms with Gasteiger partial charge in [-0.05, 0) is 31.1 Å². The monoisotopic (exact) mass is 228 g/mol. The molecule has 4 heteroatoms. The summed E-state index contributed by atoms with van der Waals surface area (Å²) in [6, 6.07) is 0. The maximum absolute atomic E-state index is 4.23. The number of hydrogen-bond donors (Lipinski definition) is 1. The maximum atomic E-state index is 4.23. The number of hydrogen-bond acceptors (Lipinski definition) is 4. The van der Waals surface area contributed by atoms with E-state index in [2.05, 4.69) is 22.6 Å². The van der Waals surface area contributed by atoms with E-state index in [9.17, 15) is 0 Å². The summed E-state index contributed by atoms with van der Waals surface area (Å²) in [6.07, 6.45) is 7.41. The van der Waals surface area contributed by atoms with E-state index in [0.717, 1.165) is 22.2 Å². The molecule has 0 aliphatic rings. The molecule has 0 aliphatic carbocycles. The fourth-order valence-electron chi connectivity index (χ4n) is 1.01. The molecule has 0 saturated heterocycles. The van der Waals surface area contributed by atoms with Gasteiger partial charge in [-0.3, -0.25) is 0 Å². The Bertz CT molecular complexity index is 249. The molecule has 0 N–H and O–H groups in total. The Hall–Kier alpha value is -0.220. The van der Waals surface area contributed by atoms with Gasteiger partial charge in [-0.2, -0.15) is 12.6 Å². The summed E-state index contributed by atoms with van der Waals surface area (Å²) in [6.45, 7) is 2.00. The molecule has 2 nitrogen and oxygen atoms in total. The van der Waals surface area contributed by atoms with E-state index in [4.69, 9.17) is 0 Å². The summed E-state index contributed by atoms with van der Waals surface area (Å²) in [7, 11) is 0. The zero-order chi connectivity index (χ0) is 10.2. The highest BCUT2D eigenvalue weighted by molar-refractivity contribution is 7.99. The maximum Gasteiger partial charge on any atom is 0.187 e. The van der Waals surface area contributed by atoms with Crippen LogP contribution < -0.4 is 0 Å². The third-order valence-electron chi connectivity index (χ3n) is 1.79. The molecule has 1 aromatic heterocycles. The average molecular weight is 228 g/mol. The normalized spacial score (nSPS) is 10.4. The molecule has 0 fully saturated rings. The lowest BCUT2D eigenvalue weighted by molar-refractivity contribution is 0.785. The Morgan fingerprint density at radius 1 is 1.21 bits per heavy atom. The summed E-state index contributed by atoms with van der Waals surface area (Å²) in [4.78, 5) is 8.47. The first-order chi connectivity index (χ1) is 6.83. The van der Waals surface area contributed by atoms with Crippen molar-refractivity contribution >= 4 is 24.4 Å². The van der Waals surface area contributed by atoms with Crippen LogP contribution in [0.25, 0.3) is 0 Å². The Labute approximate surface area is 95.3 Å². The third-order valence-corrected chi connectivity index (χ3v) is 3.07. The van der Waals surface area contributed by atoms with Crippen LogP contribution >= 0.6 is 24.4 Å². The second-order valence-electron chi connectivity index (χ2n) is 3.18. The Kier molecular flexibility index (Phi) is 6.03. The summed E-state index contributed by atoms with van der Waals surface area (Å²) in [5.41, 5.74) is 1.12. The van der Waals surface area contributed by atoms with Crippen molar-refractivity contribution in [1.82, 2.24) is 9.97 Å². The van der Waals surface area contributed by atoms with E-state index < -0.39 is 0 Å². The smallest absolute Gasteiger partial charge is 0.187 e. The molecule has 0 radical (unpaired) electrons. The van der Waals surface area contributed by atoms with E-state index in [1.54, 1.807) is 11.8 Å². The van der Waals surface area contributed by atoms with E-state index in [1.807, 2.05) is 19.3 Å². The Balaban J connectivity index is 2.15. The van der Waals surface area contributed by atoms with Gasteiger partial charge in [-0.15, -0.1) is 0 Å². The van der Waals surface area contributed by atoms with Crippen LogP contribution in [0.15, 0.2) is 17.6 Å². The van der Waals surface area contributed by atoms with Gasteiger partial charge >= 0.3 is 0 Å². The molecule has 1 aromatic rings. The van der Waals surface area contributed by atoms with Gasteiger partial charge < -0.3 is 0 Å². The zero-order valence-corrected chi connectivity index (χ0v) is 10.2. The van der Waals surface area contributed by atoms with Gasteiger partial charge in [0.15, 0.2) is 5.16 Å². The van der Waals surface area contributed by atoms with Gasteiger partial charge in [0.25, 0.3) is 0 Å². The van der Waals surface area contributed by atoms with Crippen LogP contribution in [-0.2, 0) is 0 Å². The minimum atomic E-state index is 0.890. The molecule has 0 aromatic carbocycles. The average Bonchev–Trinajstić information content (AvgIpc) is 2.21. The van der Waals surface area contributed by atoms with Crippen LogP contribution in [0.5, 0.6) is 0 Å². The minimum Gasteiger partial charge on any atom is -0.231 e. The van der Waals surface area contributed by atoms with E-state index >= 15 is 0 Å². The molecule has 0 amide bonds. The van der Waals surface area contributed by atoms with Gasteiger partial charge in [0, 0.05) is 18.1 Å². The first kappa shape index (κ1) is 11.9. The molecule has 0 aliphatic heterocycles. The van der Waals surface area contributed by atoms with Crippen LogP contribution in [0.4, 0.5) is 0 Å². The number of aryl methyl sites for hydroxylation is 1. The third kappa shape index (κ3) is 4.86. The molecule has 78 valence electrons. The highest BCUT2D eigenvalue weighted by atomic mass is 32.2. The summed E-state index contributed by atoms with van der Waals surface area (Å²) in [5.74, 6) is 2.10. The Morgan fingerprint density at radius 3 is 2.57 bits per heavy atom. The quantitative estimate of drug-likeness (QED) is 0.351. The van der Waals surface area contributed by atoms with E-state index in [1.165, 1.54) is 19.3 Å². The highest BCUT2D eigenvalue weighted by Crippen LogP contribution is 2.14. The first-order valence-electron chi connectivity index (χ1n) is 4.85. The summed E-state index contributed by atoms with van der Waals surface area (Å²) in [5, 5.41) is 0.890. The fourth-order valence-corrected chi connectivity index (χ4v) is 2.02. The molecule has 0 saturated carbocycles. The minimum absolute atomic E-state index is 0.890. The predicted octanol–water partition coefficient (Wildman–Crippen LogP) is 2.98. The molecule has 0 spiro atoms. The van der Waals surface area contributed by atoms with Gasteiger partial charge in [0.05, 0.1) is 0 Å². The molecule has 0 bridgehead atoms. The van der Waals surface area contributed by atoms with Crippen LogP contribution in [0, 0.1) is 6.92 Å². The van der Waals surface area contributed by atoms with E-state index in [0.29, 0.717) is 0 Å². The molecular formula is C10H16N2S2. The van der Waals surface area contributed by atoms with Crippen LogP contribution in [-0.4, -0.2) is 21.5 Å². The van der Waals surface area contributed by atoms with Crippen molar-refractivity contribution in [2.75, 3.05) is 11.5 Å². The number of thioether (sulfide) groups is 1. The van der Waals surface area contributed by atoms with Crippen molar-refractivity contribution < 1.29 is 0 Å². The number of nitrogens with zero attached hydrogens (tertiary/aromatic N) is 2. The summed E-state index contributed by atoms with van der Waals surface area (Å²) >= 11 is 5.90. The zero-order valence-electron chi connectivity index (χ0n) is 8.44. The molecule has 14 heavy (non-hydrogen) atoms. The van der Waals surface area contributed by atoms with E-state index in [-0.39, 0.29) is 0 Å². The largest absolute Gasteiger partial charge is 0.231 e. The number of rotatable bonds is 6. The molecule has 1 heterocycles. The van der Waals surface area contributed by atoms with Crippen molar-refractivity contribution in [1.29, 1.82) is 0 Å². The van der Waals surface area contributed by atoms with Crippen LogP contribution in [0.3, 0.4) is 0 Å². The number of aromatic nitrogens is 2. The van der Waals surface area contributed by atoms with Crippen molar-refractivity contribution in [2.24, 2.45) is 0 Å². The second-order valence-corrected chi connectivity index (χ2v) is 4.69.